The summed E-state index contributed by atoms with van der Waals surface area (Å²) in [6.45, 7) is 2.15. The molecule has 0 spiro atoms. The molecule has 1 N–H and O–H groups in total. The van der Waals surface area contributed by atoms with Crippen molar-refractivity contribution in [2.24, 2.45) is 0 Å². The van der Waals surface area contributed by atoms with Gasteiger partial charge in [0.05, 0.1) is 11.5 Å². The molecule has 2 rings (SSSR count). The molecule has 8 heteroatoms. The molecule has 0 bridgehead atoms. The fourth-order valence-electron chi connectivity index (χ4n) is 1.93. The van der Waals surface area contributed by atoms with Crippen molar-refractivity contribution in [3.63, 3.8) is 0 Å². The third-order valence-electron chi connectivity index (χ3n) is 2.83. The Morgan fingerprint density at radius 2 is 2.17 bits per heavy atom. The lowest BCUT2D eigenvalue weighted by Crippen LogP contribution is -2.47. The molecule has 1 atom stereocenters. The van der Waals surface area contributed by atoms with Crippen LogP contribution in [0.15, 0.2) is 12.1 Å². The van der Waals surface area contributed by atoms with Crippen LogP contribution in [0.5, 0.6) is 0 Å². The van der Waals surface area contributed by atoms with Crippen molar-refractivity contribution in [1.29, 1.82) is 0 Å². The van der Waals surface area contributed by atoms with Crippen molar-refractivity contribution in [1.82, 2.24) is 10.2 Å². The van der Waals surface area contributed by atoms with E-state index in [1.54, 1.807) is 13.0 Å². The average molecular weight is 271 g/mol. The number of hydrogen-bond acceptors (Lipinski definition) is 6. The molecule has 0 radical (unpaired) electrons. The van der Waals surface area contributed by atoms with Crippen LogP contribution in [0.4, 0.5) is 5.82 Å². The Balaban J connectivity index is 2.20. The number of carboxylic acid groups (broad SMARTS) is 1. The van der Waals surface area contributed by atoms with Gasteiger partial charge in [-0.3, -0.25) is 0 Å². The highest BCUT2D eigenvalue weighted by Gasteiger charge is 2.29. The molecule has 1 aliphatic heterocycles. The lowest BCUT2D eigenvalue weighted by molar-refractivity contribution is 0.0689. The van der Waals surface area contributed by atoms with Gasteiger partial charge in [0.25, 0.3) is 0 Å². The number of carbonyl (C=O) groups is 1. The number of aromatic carboxylic acids is 1. The molecular weight excluding hydrogens is 258 g/mol. The quantitative estimate of drug-likeness (QED) is 0.794. The zero-order valence-corrected chi connectivity index (χ0v) is 10.6. The first-order chi connectivity index (χ1) is 8.39. The van der Waals surface area contributed by atoms with Crippen LogP contribution in [-0.4, -0.2) is 53.8 Å². The smallest absolute Gasteiger partial charge is 0.356 e. The summed E-state index contributed by atoms with van der Waals surface area (Å²) >= 11 is 0. The molecule has 1 fully saturated rings. The van der Waals surface area contributed by atoms with Crippen LogP contribution in [-0.2, 0) is 9.84 Å². The average Bonchev–Trinajstić information content (AvgIpc) is 2.28. The molecule has 0 amide bonds. The third kappa shape index (κ3) is 2.58. The van der Waals surface area contributed by atoms with Crippen LogP contribution in [0, 0.1) is 0 Å². The number of hydrogen-bond donors (Lipinski definition) is 1. The SMILES string of the molecule is CC1CS(=O)(=O)CCN1c1ccc(C(=O)O)nn1. The summed E-state index contributed by atoms with van der Waals surface area (Å²) in [5.74, 6) is -0.472. The monoisotopic (exact) mass is 271 g/mol. The van der Waals surface area contributed by atoms with E-state index in [1.165, 1.54) is 6.07 Å². The van der Waals surface area contributed by atoms with Gasteiger partial charge in [-0.2, -0.15) is 0 Å². The Kier molecular flexibility index (Phi) is 3.20. The molecule has 0 aliphatic carbocycles. The summed E-state index contributed by atoms with van der Waals surface area (Å²) in [6, 6.07) is 2.72. The van der Waals surface area contributed by atoms with Gasteiger partial charge >= 0.3 is 5.97 Å². The molecule has 1 saturated heterocycles. The lowest BCUT2D eigenvalue weighted by atomic mass is 10.3. The second kappa shape index (κ2) is 4.52. The molecular formula is C10H13N3O4S. The van der Waals surface area contributed by atoms with Crippen LogP contribution < -0.4 is 4.90 Å². The zero-order valence-electron chi connectivity index (χ0n) is 9.78. The Hall–Kier alpha value is -1.70. The van der Waals surface area contributed by atoms with Crippen molar-refractivity contribution in [2.75, 3.05) is 23.0 Å². The minimum absolute atomic E-state index is 0.0787. The molecule has 7 nitrogen and oxygen atoms in total. The van der Waals surface area contributed by atoms with E-state index < -0.39 is 15.8 Å². The fourth-order valence-corrected chi connectivity index (χ4v) is 3.49. The highest BCUT2D eigenvalue weighted by molar-refractivity contribution is 7.91. The largest absolute Gasteiger partial charge is 0.476 e. The van der Waals surface area contributed by atoms with Gasteiger partial charge in [0.1, 0.15) is 0 Å². The van der Waals surface area contributed by atoms with Crippen molar-refractivity contribution in [3.05, 3.63) is 17.8 Å². The van der Waals surface area contributed by atoms with Crippen molar-refractivity contribution < 1.29 is 18.3 Å². The molecule has 1 aromatic heterocycles. The van der Waals surface area contributed by atoms with Crippen molar-refractivity contribution in [2.45, 2.75) is 13.0 Å². The van der Waals surface area contributed by atoms with Crippen LogP contribution in [0.2, 0.25) is 0 Å². The second-order valence-electron chi connectivity index (χ2n) is 4.24. The summed E-state index contributed by atoms with van der Waals surface area (Å²) in [5, 5.41) is 16.1. The van der Waals surface area contributed by atoms with E-state index in [-0.39, 0.29) is 23.2 Å². The molecule has 1 aliphatic rings. The summed E-state index contributed by atoms with van der Waals surface area (Å²) in [4.78, 5) is 12.5. The van der Waals surface area contributed by atoms with E-state index in [4.69, 9.17) is 5.11 Å². The lowest BCUT2D eigenvalue weighted by Gasteiger charge is -2.33. The van der Waals surface area contributed by atoms with Gasteiger partial charge in [-0.05, 0) is 19.1 Å². The van der Waals surface area contributed by atoms with Crippen LogP contribution in [0.25, 0.3) is 0 Å². The number of sulfone groups is 1. The van der Waals surface area contributed by atoms with Gasteiger partial charge in [-0.25, -0.2) is 13.2 Å². The van der Waals surface area contributed by atoms with Crippen LogP contribution in [0.1, 0.15) is 17.4 Å². The van der Waals surface area contributed by atoms with Gasteiger partial charge in [0.2, 0.25) is 0 Å². The Morgan fingerprint density at radius 1 is 1.44 bits per heavy atom. The molecule has 1 aromatic rings. The highest BCUT2D eigenvalue weighted by Crippen LogP contribution is 2.18. The van der Waals surface area contributed by atoms with Crippen molar-refractivity contribution in [3.8, 4) is 0 Å². The summed E-state index contributed by atoms with van der Waals surface area (Å²) in [5.41, 5.74) is -0.129. The number of anilines is 1. The third-order valence-corrected chi connectivity index (χ3v) is 4.63. The van der Waals surface area contributed by atoms with E-state index in [2.05, 4.69) is 10.2 Å². The molecule has 2 heterocycles. The predicted molar refractivity (Wildman–Crippen MR) is 64.5 cm³/mol. The summed E-state index contributed by atoms with van der Waals surface area (Å²) < 4.78 is 22.9. The van der Waals surface area contributed by atoms with E-state index >= 15 is 0 Å². The van der Waals surface area contributed by atoms with E-state index in [9.17, 15) is 13.2 Å². The normalized spacial score (nSPS) is 22.7. The highest BCUT2D eigenvalue weighted by atomic mass is 32.2. The second-order valence-corrected chi connectivity index (χ2v) is 6.47. The van der Waals surface area contributed by atoms with E-state index in [0.29, 0.717) is 12.4 Å². The number of aromatic nitrogens is 2. The van der Waals surface area contributed by atoms with E-state index in [1.807, 2.05) is 4.90 Å². The Bertz CT molecular complexity index is 555. The molecule has 1 unspecified atom stereocenters. The predicted octanol–water partition coefficient (Wildman–Crippen LogP) is -0.202. The fraction of sp³-hybridized carbons (Fsp3) is 0.500. The molecule has 98 valence electrons. The molecule has 0 saturated carbocycles. The van der Waals surface area contributed by atoms with Gasteiger partial charge in [0.15, 0.2) is 21.3 Å². The van der Waals surface area contributed by atoms with Gasteiger partial charge in [-0.15, -0.1) is 10.2 Å². The van der Waals surface area contributed by atoms with Crippen molar-refractivity contribution >= 4 is 21.6 Å². The van der Waals surface area contributed by atoms with Crippen LogP contribution >= 0.6 is 0 Å². The maximum absolute atomic E-state index is 11.4. The minimum Gasteiger partial charge on any atom is -0.476 e. The van der Waals surface area contributed by atoms with Gasteiger partial charge < -0.3 is 10.0 Å². The maximum Gasteiger partial charge on any atom is 0.356 e. The Morgan fingerprint density at radius 3 is 2.67 bits per heavy atom. The first-order valence-corrected chi connectivity index (χ1v) is 7.25. The topological polar surface area (TPSA) is 100 Å². The van der Waals surface area contributed by atoms with Gasteiger partial charge in [0, 0.05) is 12.6 Å². The number of nitrogens with zero attached hydrogens (tertiary/aromatic N) is 3. The number of carboxylic acids is 1. The number of rotatable bonds is 2. The minimum atomic E-state index is -2.98. The first-order valence-electron chi connectivity index (χ1n) is 5.43. The van der Waals surface area contributed by atoms with Gasteiger partial charge in [-0.1, -0.05) is 0 Å². The molecule has 0 aromatic carbocycles. The summed E-state index contributed by atoms with van der Waals surface area (Å²) in [6.07, 6.45) is 0. The molecule has 18 heavy (non-hydrogen) atoms. The first kappa shape index (κ1) is 12.7. The standard InChI is InChI=1S/C10H13N3O4S/c1-7-6-18(16,17)5-4-13(7)9-3-2-8(10(14)15)11-12-9/h2-3,7H,4-6H2,1H3,(H,14,15). The van der Waals surface area contributed by atoms with Crippen LogP contribution in [0.3, 0.4) is 0 Å². The maximum atomic E-state index is 11.4. The van der Waals surface area contributed by atoms with E-state index in [0.717, 1.165) is 0 Å². The zero-order chi connectivity index (χ0) is 13.3. The summed E-state index contributed by atoms with van der Waals surface area (Å²) in [7, 11) is -2.98. The Labute approximate surface area is 104 Å².